The molecular weight excluding hydrogens is 300 g/mol. The maximum Gasteiger partial charge on any atom is 0.359 e. The van der Waals surface area contributed by atoms with Gasteiger partial charge in [0, 0.05) is 0 Å². The highest BCUT2D eigenvalue weighted by Gasteiger charge is 2.22. The molecule has 1 heterocycles. The first-order chi connectivity index (χ1) is 8.00. The zero-order chi connectivity index (χ0) is 12.6. The molecule has 0 atom stereocenters. The van der Waals surface area contributed by atoms with Gasteiger partial charge < -0.3 is 9.63 Å². The van der Waals surface area contributed by atoms with Gasteiger partial charge in [0.05, 0.1) is 5.56 Å². The van der Waals surface area contributed by atoms with E-state index in [4.69, 9.17) is 9.63 Å². The quantitative estimate of drug-likeness (QED) is 0.926. The molecule has 1 N–H and O–H groups in total. The minimum Gasteiger partial charge on any atom is -0.476 e. The average Bonchev–Trinajstić information content (AvgIpc) is 2.64. The monoisotopic (exact) mass is 303 g/mol. The van der Waals surface area contributed by atoms with Gasteiger partial charge >= 0.3 is 5.97 Å². The minimum absolute atomic E-state index is 0.0329. The van der Waals surface area contributed by atoms with Crippen molar-refractivity contribution in [1.29, 1.82) is 0 Å². The molecule has 0 saturated carbocycles. The van der Waals surface area contributed by atoms with Crippen molar-refractivity contribution in [1.82, 2.24) is 5.16 Å². The van der Waals surface area contributed by atoms with Crippen LogP contribution in [-0.4, -0.2) is 16.2 Å². The molecule has 17 heavy (non-hydrogen) atoms. The second kappa shape index (κ2) is 4.25. The van der Waals surface area contributed by atoms with E-state index in [9.17, 15) is 13.6 Å². The molecule has 0 radical (unpaired) electrons. The molecule has 2 aromatic rings. The van der Waals surface area contributed by atoms with E-state index in [0.29, 0.717) is 0 Å². The van der Waals surface area contributed by atoms with Crippen LogP contribution in [0, 0.1) is 11.6 Å². The first-order valence-electron chi connectivity index (χ1n) is 4.34. The van der Waals surface area contributed by atoms with Gasteiger partial charge in [0.25, 0.3) is 0 Å². The Morgan fingerprint density at radius 2 is 2.12 bits per heavy atom. The summed E-state index contributed by atoms with van der Waals surface area (Å²) in [5, 5.41) is 12.0. The van der Waals surface area contributed by atoms with Crippen molar-refractivity contribution < 1.29 is 23.2 Å². The van der Waals surface area contributed by atoms with E-state index in [-0.39, 0.29) is 15.8 Å². The molecule has 0 saturated heterocycles. The smallest absolute Gasteiger partial charge is 0.359 e. The number of nitrogens with zero attached hydrogens (tertiary/aromatic N) is 1. The van der Waals surface area contributed by atoms with E-state index in [1.54, 1.807) is 0 Å². The summed E-state index contributed by atoms with van der Waals surface area (Å²) in [7, 11) is 0. The third-order valence-corrected chi connectivity index (χ3v) is 2.75. The maximum atomic E-state index is 13.4. The van der Waals surface area contributed by atoms with Gasteiger partial charge in [0.15, 0.2) is 5.76 Å². The average molecular weight is 304 g/mol. The van der Waals surface area contributed by atoms with Crippen molar-refractivity contribution in [3.8, 4) is 11.3 Å². The van der Waals surface area contributed by atoms with Crippen molar-refractivity contribution >= 4 is 21.9 Å². The molecular formula is C10H4BrF2NO3. The lowest BCUT2D eigenvalue weighted by Gasteiger charge is -1.99. The minimum atomic E-state index is -1.33. The van der Waals surface area contributed by atoms with Crippen LogP contribution in [0.15, 0.2) is 27.2 Å². The topological polar surface area (TPSA) is 63.3 Å². The second-order valence-electron chi connectivity index (χ2n) is 3.10. The molecule has 0 aliphatic carbocycles. The molecule has 0 unspecified atom stereocenters. The molecule has 0 fully saturated rings. The third-order valence-electron chi connectivity index (χ3n) is 2.01. The maximum absolute atomic E-state index is 13.4. The molecule has 0 amide bonds. The first kappa shape index (κ1) is 11.7. The number of aromatic carboxylic acids is 1. The van der Waals surface area contributed by atoms with E-state index in [1.807, 2.05) is 0 Å². The van der Waals surface area contributed by atoms with Crippen LogP contribution in [-0.2, 0) is 0 Å². The Labute approximate surface area is 102 Å². The highest BCUT2D eigenvalue weighted by molar-refractivity contribution is 9.10. The fraction of sp³-hybridized carbons (Fsp3) is 0. The van der Waals surface area contributed by atoms with Gasteiger partial charge in [0.2, 0.25) is 5.69 Å². The van der Waals surface area contributed by atoms with Crippen molar-refractivity contribution in [2.24, 2.45) is 0 Å². The molecule has 1 aromatic heterocycles. The molecule has 88 valence electrons. The molecule has 2 rings (SSSR count). The van der Waals surface area contributed by atoms with Crippen molar-refractivity contribution in [3.63, 3.8) is 0 Å². The Morgan fingerprint density at radius 1 is 1.41 bits per heavy atom. The Bertz CT molecular complexity index is 597. The lowest BCUT2D eigenvalue weighted by atomic mass is 10.1. The number of carbonyl (C=O) groups is 1. The van der Waals surface area contributed by atoms with Crippen LogP contribution in [0.2, 0.25) is 0 Å². The Balaban J connectivity index is 2.61. The second-order valence-corrected chi connectivity index (χ2v) is 3.90. The van der Waals surface area contributed by atoms with Gasteiger partial charge in [-0.1, -0.05) is 5.16 Å². The van der Waals surface area contributed by atoms with Gasteiger partial charge in [-0.05, 0) is 34.1 Å². The van der Waals surface area contributed by atoms with E-state index < -0.39 is 23.3 Å². The predicted molar refractivity (Wildman–Crippen MR) is 56.5 cm³/mol. The zero-order valence-electron chi connectivity index (χ0n) is 8.08. The van der Waals surface area contributed by atoms with Crippen LogP contribution < -0.4 is 0 Å². The summed E-state index contributed by atoms with van der Waals surface area (Å²) >= 11 is 2.92. The summed E-state index contributed by atoms with van der Waals surface area (Å²) in [5.41, 5.74) is -0.597. The van der Waals surface area contributed by atoms with E-state index in [0.717, 1.165) is 18.2 Å². The lowest BCUT2D eigenvalue weighted by Crippen LogP contribution is -1.96. The SMILES string of the molecule is O=C(O)c1noc(-c2cc(F)ccc2F)c1Br. The van der Waals surface area contributed by atoms with Gasteiger partial charge in [-0.3, -0.25) is 0 Å². The fourth-order valence-corrected chi connectivity index (χ4v) is 1.78. The number of halogens is 3. The van der Waals surface area contributed by atoms with E-state index in [2.05, 4.69) is 21.1 Å². The molecule has 1 aromatic carbocycles. The Hall–Kier alpha value is -1.76. The number of hydrogen-bond acceptors (Lipinski definition) is 3. The van der Waals surface area contributed by atoms with Gasteiger partial charge in [-0.15, -0.1) is 0 Å². The molecule has 7 heteroatoms. The normalized spacial score (nSPS) is 10.5. The van der Waals surface area contributed by atoms with Crippen LogP contribution in [0.5, 0.6) is 0 Å². The Kier molecular flexibility index (Phi) is 2.93. The van der Waals surface area contributed by atoms with Gasteiger partial charge in [-0.2, -0.15) is 0 Å². The number of rotatable bonds is 2. The molecule has 0 bridgehead atoms. The van der Waals surface area contributed by atoms with Crippen LogP contribution in [0.25, 0.3) is 11.3 Å². The van der Waals surface area contributed by atoms with Gasteiger partial charge in [0.1, 0.15) is 16.1 Å². The highest BCUT2D eigenvalue weighted by Crippen LogP contribution is 2.33. The van der Waals surface area contributed by atoms with Gasteiger partial charge in [-0.25, -0.2) is 13.6 Å². The number of carboxylic acids is 1. The zero-order valence-corrected chi connectivity index (χ0v) is 9.66. The number of carboxylic acid groups (broad SMARTS) is 1. The van der Waals surface area contributed by atoms with Crippen molar-refractivity contribution in [2.75, 3.05) is 0 Å². The third kappa shape index (κ3) is 2.05. The standard InChI is InChI=1S/C10H4BrF2NO3/c11-7-8(10(15)16)14-17-9(7)5-3-4(12)1-2-6(5)13/h1-3H,(H,15,16). The van der Waals surface area contributed by atoms with Crippen molar-refractivity contribution in [2.45, 2.75) is 0 Å². The van der Waals surface area contributed by atoms with Crippen LogP contribution >= 0.6 is 15.9 Å². The number of aromatic nitrogens is 1. The number of benzene rings is 1. The summed E-state index contributed by atoms with van der Waals surface area (Å²) < 4.78 is 31.1. The van der Waals surface area contributed by atoms with E-state index >= 15 is 0 Å². The molecule has 4 nitrogen and oxygen atoms in total. The Morgan fingerprint density at radius 3 is 2.71 bits per heavy atom. The summed E-state index contributed by atoms with van der Waals surface area (Å²) in [6, 6.07) is 2.76. The summed E-state index contributed by atoms with van der Waals surface area (Å²) in [6.07, 6.45) is 0. The van der Waals surface area contributed by atoms with Crippen molar-refractivity contribution in [3.05, 3.63) is 40.0 Å². The molecule has 0 aliphatic rings. The van der Waals surface area contributed by atoms with Crippen LogP contribution in [0.1, 0.15) is 10.5 Å². The first-order valence-corrected chi connectivity index (χ1v) is 5.14. The van der Waals surface area contributed by atoms with Crippen LogP contribution in [0.3, 0.4) is 0 Å². The largest absolute Gasteiger partial charge is 0.476 e. The number of hydrogen-bond donors (Lipinski definition) is 1. The highest BCUT2D eigenvalue weighted by atomic mass is 79.9. The predicted octanol–water partition coefficient (Wildman–Crippen LogP) is 3.08. The summed E-state index contributed by atoms with van der Waals surface area (Å²) in [5.74, 6) is -2.90. The van der Waals surface area contributed by atoms with E-state index in [1.165, 1.54) is 0 Å². The van der Waals surface area contributed by atoms with Crippen LogP contribution in [0.4, 0.5) is 8.78 Å². The molecule has 0 spiro atoms. The summed E-state index contributed by atoms with van der Waals surface area (Å²) in [6.45, 7) is 0. The lowest BCUT2D eigenvalue weighted by molar-refractivity contribution is 0.0685. The summed E-state index contributed by atoms with van der Waals surface area (Å²) in [4.78, 5) is 10.7. The molecule has 0 aliphatic heterocycles. The fourth-order valence-electron chi connectivity index (χ4n) is 1.25.